The lowest BCUT2D eigenvalue weighted by Gasteiger charge is -2.26. The Morgan fingerprint density at radius 2 is 1.71 bits per heavy atom. The second kappa shape index (κ2) is 12.0. The topological polar surface area (TPSA) is 79.3 Å². The van der Waals surface area contributed by atoms with Gasteiger partial charge in [-0.3, -0.25) is 9.59 Å². The van der Waals surface area contributed by atoms with Crippen molar-refractivity contribution >= 4 is 23.1 Å². The first-order valence-electron chi connectivity index (χ1n) is 12.6. The van der Waals surface area contributed by atoms with Gasteiger partial charge in [-0.25, -0.2) is 0 Å². The molecular weight excluding hydrogens is 480 g/mol. The smallest absolute Gasteiger partial charge is 0.295 e. The highest BCUT2D eigenvalue weighted by Gasteiger charge is 2.45. The molecule has 3 aromatic carbocycles. The summed E-state index contributed by atoms with van der Waals surface area (Å²) in [5.41, 5.74) is 4.50. The lowest BCUT2D eigenvalue weighted by Crippen LogP contribution is -2.31. The number of aliphatic hydroxyl groups is 1. The summed E-state index contributed by atoms with van der Waals surface area (Å²) in [7, 11) is 5.49. The van der Waals surface area contributed by atoms with Gasteiger partial charge in [0.05, 0.1) is 11.6 Å². The van der Waals surface area contributed by atoms with Crippen molar-refractivity contribution in [2.24, 2.45) is 0 Å². The van der Waals surface area contributed by atoms with E-state index in [9.17, 15) is 14.7 Å². The zero-order valence-corrected chi connectivity index (χ0v) is 22.3. The first kappa shape index (κ1) is 26.9. The molecular formula is C31H34N2O5. The van der Waals surface area contributed by atoms with E-state index in [1.165, 1.54) is 4.90 Å². The Balaban J connectivity index is 1.64. The van der Waals surface area contributed by atoms with Crippen molar-refractivity contribution in [1.29, 1.82) is 0 Å². The van der Waals surface area contributed by atoms with Gasteiger partial charge in [0.25, 0.3) is 11.7 Å². The van der Waals surface area contributed by atoms with E-state index >= 15 is 0 Å². The summed E-state index contributed by atoms with van der Waals surface area (Å²) in [6, 6.07) is 22.0. The van der Waals surface area contributed by atoms with Crippen LogP contribution < -0.4 is 9.64 Å². The number of ether oxygens (including phenoxy) is 2. The SMILES string of the molecule is COCCCN1C(=O)C(=O)/C(=C(\O)c2ccc(OCc3cccc(C)c3)cc2)C1c1ccc(N(C)C)cc1. The van der Waals surface area contributed by atoms with Gasteiger partial charge < -0.3 is 24.4 Å². The van der Waals surface area contributed by atoms with Crippen LogP contribution in [0.25, 0.3) is 5.76 Å². The van der Waals surface area contributed by atoms with E-state index < -0.39 is 17.7 Å². The number of nitrogens with zero attached hydrogens (tertiary/aromatic N) is 2. The number of aliphatic hydroxyl groups excluding tert-OH is 1. The standard InChI is InChI=1S/C31H34N2O5/c1-21-7-5-8-22(19-21)20-38-26-15-11-24(12-16-26)29(34)27-28(23-9-13-25(14-10-23)32(2)3)33(17-6-18-37-4)31(36)30(27)35/h5,7-16,19,28,34H,6,17-18,20H2,1-4H3/b29-27-. The zero-order chi connectivity index (χ0) is 27.2. The fourth-order valence-corrected chi connectivity index (χ4v) is 4.62. The van der Waals surface area contributed by atoms with Crippen LogP contribution >= 0.6 is 0 Å². The molecule has 198 valence electrons. The predicted molar refractivity (Wildman–Crippen MR) is 148 cm³/mol. The van der Waals surface area contributed by atoms with Gasteiger partial charge in [0.2, 0.25) is 0 Å². The number of hydrogen-bond acceptors (Lipinski definition) is 6. The Labute approximate surface area is 223 Å². The summed E-state index contributed by atoms with van der Waals surface area (Å²) < 4.78 is 11.0. The molecule has 1 saturated heterocycles. The number of amides is 1. The Bertz CT molecular complexity index is 1310. The molecule has 0 saturated carbocycles. The van der Waals surface area contributed by atoms with Crippen LogP contribution in [0.5, 0.6) is 5.75 Å². The molecule has 7 nitrogen and oxygen atoms in total. The third-order valence-electron chi connectivity index (χ3n) is 6.63. The lowest BCUT2D eigenvalue weighted by atomic mass is 9.95. The Morgan fingerprint density at radius 3 is 2.34 bits per heavy atom. The summed E-state index contributed by atoms with van der Waals surface area (Å²) in [4.78, 5) is 29.8. The van der Waals surface area contributed by atoms with Crippen molar-refractivity contribution in [3.05, 3.63) is 101 Å². The Hall–Kier alpha value is -4.10. The van der Waals surface area contributed by atoms with Crippen molar-refractivity contribution in [3.8, 4) is 5.75 Å². The maximum Gasteiger partial charge on any atom is 0.295 e. The van der Waals surface area contributed by atoms with Gasteiger partial charge in [0.1, 0.15) is 18.1 Å². The second-order valence-electron chi connectivity index (χ2n) is 9.63. The first-order valence-corrected chi connectivity index (χ1v) is 12.6. The average Bonchev–Trinajstić information content (AvgIpc) is 3.17. The summed E-state index contributed by atoms with van der Waals surface area (Å²) in [5.74, 6) is -0.882. The highest BCUT2D eigenvalue weighted by molar-refractivity contribution is 6.46. The number of aryl methyl sites for hydroxylation is 1. The largest absolute Gasteiger partial charge is 0.507 e. The van der Waals surface area contributed by atoms with Crippen LogP contribution in [-0.4, -0.2) is 56.1 Å². The third-order valence-corrected chi connectivity index (χ3v) is 6.63. The van der Waals surface area contributed by atoms with Gasteiger partial charge in [0, 0.05) is 45.6 Å². The highest BCUT2D eigenvalue weighted by Crippen LogP contribution is 2.40. The zero-order valence-electron chi connectivity index (χ0n) is 22.3. The minimum Gasteiger partial charge on any atom is -0.507 e. The first-order chi connectivity index (χ1) is 18.3. The molecule has 1 unspecified atom stereocenters. The van der Waals surface area contributed by atoms with E-state index in [4.69, 9.17) is 9.47 Å². The molecule has 0 spiro atoms. The van der Waals surface area contributed by atoms with Crippen LogP contribution in [0.3, 0.4) is 0 Å². The molecule has 38 heavy (non-hydrogen) atoms. The van der Waals surface area contributed by atoms with Crippen LogP contribution in [0.1, 0.15) is 34.7 Å². The molecule has 1 atom stereocenters. The predicted octanol–water partition coefficient (Wildman–Crippen LogP) is 5.10. The van der Waals surface area contributed by atoms with E-state index in [-0.39, 0.29) is 11.3 Å². The van der Waals surface area contributed by atoms with Crippen molar-refractivity contribution in [1.82, 2.24) is 4.90 Å². The molecule has 1 amide bonds. The molecule has 3 aromatic rings. The van der Waals surface area contributed by atoms with Crippen LogP contribution in [0.4, 0.5) is 5.69 Å². The number of ketones is 1. The monoisotopic (exact) mass is 514 g/mol. The van der Waals surface area contributed by atoms with Crippen LogP contribution in [0, 0.1) is 6.92 Å². The molecule has 0 aromatic heterocycles. The molecule has 1 aliphatic rings. The van der Waals surface area contributed by atoms with Crippen LogP contribution in [0.15, 0.2) is 78.4 Å². The summed E-state index contributed by atoms with van der Waals surface area (Å²) in [6.45, 7) is 3.25. The summed E-state index contributed by atoms with van der Waals surface area (Å²) in [6.07, 6.45) is 0.572. The maximum atomic E-state index is 13.2. The van der Waals surface area contributed by atoms with E-state index in [1.807, 2.05) is 68.4 Å². The minimum absolute atomic E-state index is 0.0819. The molecule has 4 rings (SSSR count). The van der Waals surface area contributed by atoms with E-state index in [0.29, 0.717) is 37.5 Å². The Kier molecular flexibility index (Phi) is 8.48. The number of hydrogen-bond donors (Lipinski definition) is 1. The highest BCUT2D eigenvalue weighted by atomic mass is 16.5. The summed E-state index contributed by atoms with van der Waals surface area (Å²) >= 11 is 0. The fourth-order valence-electron chi connectivity index (χ4n) is 4.62. The molecule has 7 heteroatoms. The van der Waals surface area contributed by atoms with Crippen molar-refractivity contribution in [2.45, 2.75) is 26.0 Å². The van der Waals surface area contributed by atoms with Gasteiger partial charge in [0.15, 0.2) is 0 Å². The van der Waals surface area contributed by atoms with Gasteiger partial charge in [-0.1, -0.05) is 42.0 Å². The van der Waals surface area contributed by atoms with Gasteiger partial charge >= 0.3 is 0 Å². The Morgan fingerprint density at radius 1 is 1.00 bits per heavy atom. The molecule has 1 fully saturated rings. The number of anilines is 1. The molecule has 0 bridgehead atoms. The lowest BCUT2D eigenvalue weighted by molar-refractivity contribution is -0.140. The van der Waals surface area contributed by atoms with Gasteiger partial charge in [-0.15, -0.1) is 0 Å². The number of carbonyl (C=O) groups excluding carboxylic acids is 2. The van der Waals surface area contributed by atoms with Crippen molar-refractivity contribution < 1.29 is 24.2 Å². The van der Waals surface area contributed by atoms with E-state index in [0.717, 1.165) is 22.4 Å². The van der Waals surface area contributed by atoms with Gasteiger partial charge in [-0.2, -0.15) is 0 Å². The number of rotatable bonds is 10. The summed E-state index contributed by atoms with van der Waals surface area (Å²) in [5, 5.41) is 11.3. The fraction of sp³-hybridized carbons (Fsp3) is 0.290. The second-order valence-corrected chi connectivity index (χ2v) is 9.63. The minimum atomic E-state index is -0.694. The van der Waals surface area contributed by atoms with Crippen molar-refractivity contribution in [3.63, 3.8) is 0 Å². The number of likely N-dealkylation sites (tertiary alicyclic amines) is 1. The van der Waals surface area contributed by atoms with Crippen LogP contribution in [-0.2, 0) is 20.9 Å². The van der Waals surface area contributed by atoms with Gasteiger partial charge in [-0.05, 0) is 60.9 Å². The molecule has 0 aliphatic carbocycles. The van der Waals surface area contributed by atoms with Crippen molar-refractivity contribution in [2.75, 3.05) is 39.3 Å². The maximum absolute atomic E-state index is 13.2. The number of methoxy groups -OCH3 is 1. The average molecular weight is 515 g/mol. The number of benzene rings is 3. The number of Topliss-reactive ketones (excluding diaryl/α,β-unsaturated/α-hetero) is 1. The number of carbonyl (C=O) groups is 2. The molecule has 0 radical (unpaired) electrons. The normalized spacial score (nSPS) is 16.6. The molecule has 1 heterocycles. The van der Waals surface area contributed by atoms with E-state index in [2.05, 4.69) is 6.07 Å². The molecule has 1 aliphatic heterocycles. The molecule has 1 N–H and O–H groups in total. The quantitative estimate of drug-likeness (QED) is 0.176. The van der Waals surface area contributed by atoms with E-state index in [1.54, 1.807) is 31.4 Å². The third kappa shape index (κ3) is 5.89. The van der Waals surface area contributed by atoms with Crippen LogP contribution in [0.2, 0.25) is 0 Å².